The monoisotopic (exact) mass is 479 g/mol. The molecule has 168 valence electrons. The average Bonchev–Trinajstić information content (AvgIpc) is 3.08. The molecule has 0 unspecified atom stereocenters. The fourth-order valence-corrected chi connectivity index (χ4v) is 4.54. The Balaban J connectivity index is 1.90. The number of aromatic nitrogens is 2. The van der Waals surface area contributed by atoms with Crippen molar-refractivity contribution in [3.05, 3.63) is 63.9 Å². The number of benzene rings is 2. The zero-order valence-corrected chi connectivity index (χ0v) is 18.9. The van der Waals surface area contributed by atoms with Crippen LogP contribution in [0.1, 0.15) is 19.7 Å². The minimum atomic E-state index is -0.982. The molecule has 3 aromatic rings. The smallest absolute Gasteiger partial charge is 0.237 e. The van der Waals surface area contributed by atoms with Crippen LogP contribution in [0.15, 0.2) is 36.4 Å². The van der Waals surface area contributed by atoms with E-state index >= 15 is 0 Å². The van der Waals surface area contributed by atoms with Crippen LogP contribution in [0.4, 0.5) is 20.3 Å². The van der Waals surface area contributed by atoms with Crippen molar-refractivity contribution in [3.8, 4) is 11.3 Å². The van der Waals surface area contributed by atoms with Gasteiger partial charge in [0.25, 0.3) is 0 Å². The molecule has 1 aliphatic rings. The number of nitrogens with one attached hydrogen (secondary N) is 1. The van der Waals surface area contributed by atoms with Gasteiger partial charge in [0.05, 0.1) is 12.1 Å². The molecule has 4 rings (SSSR count). The maximum absolute atomic E-state index is 14.0. The molecule has 0 aliphatic carbocycles. The van der Waals surface area contributed by atoms with Crippen LogP contribution < -0.4 is 11.1 Å². The lowest BCUT2D eigenvalue weighted by Crippen LogP contribution is -2.53. The Labute approximate surface area is 193 Å². The van der Waals surface area contributed by atoms with Gasteiger partial charge in [-0.1, -0.05) is 23.2 Å². The van der Waals surface area contributed by atoms with E-state index in [9.17, 15) is 13.6 Å². The van der Waals surface area contributed by atoms with Gasteiger partial charge in [-0.25, -0.2) is 13.8 Å². The summed E-state index contributed by atoms with van der Waals surface area (Å²) in [5.41, 5.74) is 6.21. The molecule has 0 bridgehead atoms. The van der Waals surface area contributed by atoms with E-state index in [1.54, 1.807) is 23.1 Å². The first-order chi connectivity index (χ1) is 15.1. The Morgan fingerprint density at radius 2 is 1.81 bits per heavy atom. The minimum Gasteiger partial charge on any atom is -0.340 e. The van der Waals surface area contributed by atoms with Gasteiger partial charge in [0.15, 0.2) is 11.6 Å². The molecule has 2 aromatic carbocycles. The van der Waals surface area contributed by atoms with Gasteiger partial charge in [-0.2, -0.15) is 0 Å². The topological polar surface area (TPSA) is 76.2 Å². The van der Waals surface area contributed by atoms with Crippen molar-refractivity contribution >= 4 is 40.6 Å². The standard InChI is InChI=1S/C22H21Cl2F2N5O/c1-22(2)21-29-19(12-3-4-16(25)17(26)7-12)20(28-15-9-13(23)8-14(24)10-15)30(21)5-6-31(22)18(32)11-27/h3-4,7-10,28H,5-6,11,27H2,1-2H3. The second-order valence-electron chi connectivity index (χ2n) is 8.00. The molecule has 0 radical (unpaired) electrons. The van der Waals surface area contributed by atoms with Gasteiger partial charge in [0, 0.05) is 34.4 Å². The highest BCUT2D eigenvalue weighted by Gasteiger charge is 2.41. The molecular weight excluding hydrogens is 459 g/mol. The van der Waals surface area contributed by atoms with Crippen LogP contribution in [0.3, 0.4) is 0 Å². The number of carbonyl (C=O) groups excluding carboxylic acids is 1. The highest BCUT2D eigenvalue weighted by Crippen LogP contribution is 2.40. The highest BCUT2D eigenvalue weighted by atomic mass is 35.5. The van der Waals surface area contributed by atoms with E-state index in [0.717, 1.165) is 12.1 Å². The number of rotatable bonds is 4. The molecule has 0 saturated heterocycles. The Bertz CT molecular complexity index is 1190. The molecule has 2 heterocycles. The SMILES string of the molecule is CC1(C)c2nc(-c3ccc(F)c(F)c3)c(Nc3cc(Cl)cc(Cl)c3)n2CCN1C(=O)CN. The third kappa shape index (κ3) is 3.94. The summed E-state index contributed by atoms with van der Waals surface area (Å²) in [5, 5.41) is 4.15. The van der Waals surface area contributed by atoms with Crippen LogP contribution in [0, 0.1) is 11.6 Å². The lowest BCUT2D eigenvalue weighted by Gasteiger charge is -2.42. The third-order valence-electron chi connectivity index (χ3n) is 5.53. The van der Waals surface area contributed by atoms with Gasteiger partial charge >= 0.3 is 0 Å². The second kappa shape index (κ2) is 8.35. The zero-order chi connectivity index (χ0) is 23.2. The van der Waals surface area contributed by atoms with Gasteiger partial charge in [-0.15, -0.1) is 0 Å². The number of nitrogens with two attached hydrogens (primary N) is 1. The van der Waals surface area contributed by atoms with E-state index in [-0.39, 0.29) is 12.5 Å². The largest absolute Gasteiger partial charge is 0.340 e. The predicted molar refractivity (Wildman–Crippen MR) is 121 cm³/mol. The number of hydrogen-bond acceptors (Lipinski definition) is 4. The normalized spacial score (nSPS) is 14.9. The first kappa shape index (κ1) is 22.5. The van der Waals surface area contributed by atoms with Crippen LogP contribution in [0.25, 0.3) is 11.3 Å². The molecule has 1 aliphatic heterocycles. The van der Waals surface area contributed by atoms with Crippen LogP contribution in [-0.4, -0.2) is 33.4 Å². The van der Waals surface area contributed by atoms with Crippen molar-refractivity contribution in [3.63, 3.8) is 0 Å². The summed E-state index contributed by atoms with van der Waals surface area (Å²) < 4.78 is 29.5. The third-order valence-corrected chi connectivity index (χ3v) is 5.97. The fourth-order valence-electron chi connectivity index (χ4n) is 4.02. The molecule has 0 fully saturated rings. The molecule has 0 atom stereocenters. The summed E-state index contributed by atoms with van der Waals surface area (Å²) in [4.78, 5) is 18.9. The molecule has 0 saturated carbocycles. The molecular formula is C22H21Cl2F2N5O. The van der Waals surface area contributed by atoms with Gasteiger partial charge < -0.3 is 20.5 Å². The number of amides is 1. The summed E-state index contributed by atoms with van der Waals surface area (Å²) >= 11 is 12.3. The summed E-state index contributed by atoms with van der Waals surface area (Å²) in [6.45, 7) is 4.46. The van der Waals surface area contributed by atoms with Gasteiger partial charge in [-0.05, 0) is 50.2 Å². The zero-order valence-electron chi connectivity index (χ0n) is 17.4. The first-order valence-electron chi connectivity index (χ1n) is 9.92. The number of imidazole rings is 1. The average molecular weight is 480 g/mol. The maximum Gasteiger partial charge on any atom is 0.237 e. The summed E-state index contributed by atoms with van der Waals surface area (Å²) in [6.07, 6.45) is 0. The number of hydrogen-bond donors (Lipinski definition) is 2. The van der Waals surface area contributed by atoms with E-state index in [0.29, 0.717) is 51.7 Å². The van der Waals surface area contributed by atoms with Crippen LogP contribution in [0.5, 0.6) is 0 Å². The molecule has 32 heavy (non-hydrogen) atoms. The molecule has 0 spiro atoms. The van der Waals surface area contributed by atoms with Crippen LogP contribution in [-0.2, 0) is 16.9 Å². The van der Waals surface area contributed by atoms with Crippen molar-refractivity contribution in [1.29, 1.82) is 0 Å². The lowest BCUT2D eigenvalue weighted by atomic mass is 9.99. The Hall–Kier alpha value is -2.68. The van der Waals surface area contributed by atoms with Crippen molar-refractivity contribution in [2.75, 3.05) is 18.4 Å². The van der Waals surface area contributed by atoms with Crippen molar-refractivity contribution in [1.82, 2.24) is 14.5 Å². The Morgan fingerprint density at radius 1 is 1.12 bits per heavy atom. The highest BCUT2D eigenvalue weighted by molar-refractivity contribution is 6.35. The number of nitrogens with zero attached hydrogens (tertiary/aromatic N) is 3. The molecule has 10 heteroatoms. The molecule has 1 aromatic heterocycles. The van der Waals surface area contributed by atoms with Crippen molar-refractivity contribution in [2.24, 2.45) is 5.73 Å². The van der Waals surface area contributed by atoms with Gasteiger partial charge in [0.1, 0.15) is 17.3 Å². The lowest BCUT2D eigenvalue weighted by molar-refractivity contribution is -0.137. The Morgan fingerprint density at radius 3 is 2.44 bits per heavy atom. The van der Waals surface area contributed by atoms with E-state index in [2.05, 4.69) is 5.32 Å². The maximum atomic E-state index is 14.0. The van der Waals surface area contributed by atoms with E-state index in [1.165, 1.54) is 6.07 Å². The number of anilines is 2. The molecule has 1 amide bonds. The second-order valence-corrected chi connectivity index (χ2v) is 8.88. The number of fused-ring (bicyclic) bond motifs is 1. The molecule has 6 nitrogen and oxygen atoms in total. The van der Waals surface area contributed by atoms with Crippen molar-refractivity contribution < 1.29 is 13.6 Å². The quantitative estimate of drug-likeness (QED) is 0.556. The predicted octanol–water partition coefficient (Wildman–Crippen LogP) is 4.91. The van der Waals surface area contributed by atoms with Gasteiger partial charge in [-0.3, -0.25) is 4.79 Å². The summed E-state index contributed by atoms with van der Waals surface area (Å²) in [6, 6.07) is 8.60. The van der Waals surface area contributed by atoms with Gasteiger partial charge in [0.2, 0.25) is 5.91 Å². The van der Waals surface area contributed by atoms with E-state index < -0.39 is 17.2 Å². The number of halogens is 4. The Kier molecular flexibility index (Phi) is 5.87. The summed E-state index contributed by atoms with van der Waals surface area (Å²) in [5.74, 6) is -0.994. The van der Waals surface area contributed by atoms with Crippen LogP contribution in [0.2, 0.25) is 10.0 Å². The minimum absolute atomic E-state index is 0.119. The fraction of sp³-hybridized carbons (Fsp3) is 0.273. The first-order valence-corrected chi connectivity index (χ1v) is 10.7. The van der Waals surface area contributed by atoms with E-state index in [1.807, 2.05) is 18.4 Å². The van der Waals surface area contributed by atoms with Crippen molar-refractivity contribution in [2.45, 2.75) is 25.9 Å². The summed E-state index contributed by atoms with van der Waals surface area (Å²) in [7, 11) is 0. The van der Waals surface area contributed by atoms with E-state index in [4.69, 9.17) is 33.9 Å². The number of carbonyl (C=O) groups is 1. The molecule has 3 N–H and O–H groups in total. The van der Waals surface area contributed by atoms with Crippen LogP contribution >= 0.6 is 23.2 Å².